The highest BCUT2D eigenvalue weighted by molar-refractivity contribution is 8.18. The number of aliphatic imine (C=N–C) groups is 1. The van der Waals surface area contributed by atoms with Crippen LogP contribution in [0.4, 0.5) is 5.13 Å². The Morgan fingerprint density at radius 2 is 2.32 bits per heavy atom. The van der Waals surface area contributed by atoms with Gasteiger partial charge in [0.25, 0.3) is 5.91 Å². The molecular formula is C17H15N3O3S2. The van der Waals surface area contributed by atoms with Gasteiger partial charge in [-0.15, -0.1) is 17.9 Å². The van der Waals surface area contributed by atoms with Crippen LogP contribution in [-0.2, 0) is 4.79 Å². The minimum absolute atomic E-state index is 0.0503. The quantitative estimate of drug-likeness (QED) is 0.640. The molecule has 0 aliphatic carbocycles. The molecule has 1 aliphatic heterocycles. The molecule has 25 heavy (non-hydrogen) atoms. The van der Waals surface area contributed by atoms with Gasteiger partial charge >= 0.3 is 0 Å². The zero-order chi connectivity index (χ0) is 17.8. The number of nitrogens with zero attached hydrogens (tertiary/aromatic N) is 3. The van der Waals surface area contributed by atoms with Crippen LogP contribution in [0.25, 0.3) is 6.08 Å². The van der Waals surface area contributed by atoms with Gasteiger partial charge in [0, 0.05) is 18.1 Å². The van der Waals surface area contributed by atoms with Crippen LogP contribution >= 0.6 is 23.1 Å². The normalized spacial score (nSPS) is 17.5. The fourth-order valence-corrected chi connectivity index (χ4v) is 3.72. The smallest absolute Gasteiger partial charge is 0.267 e. The lowest BCUT2D eigenvalue weighted by atomic mass is 10.2. The van der Waals surface area contributed by atoms with Crippen molar-refractivity contribution in [2.45, 2.75) is 0 Å². The van der Waals surface area contributed by atoms with Crippen molar-refractivity contribution in [1.29, 1.82) is 0 Å². The fraction of sp³-hybridized carbons (Fsp3) is 0.118. The number of rotatable bonds is 5. The second-order valence-corrected chi connectivity index (χ2v) is 6.84. The summed E-state index contributed by atoms with van der Waals surface area (Å²) in [6.45, 7) is 4.06. The molecule has 0 spiro atoms. The molecule has 2 heterocycles. The number of carbonyl (C=O) groups is 1. The first-order valence-electron chi connectivity index (χ1n) is 7.30. The first-order valence-corrected chi connectivity index (χ1v) is 8.99. The van der Waals surface area contributed by atoms with E-state index < -0.39 is 0 Å². The minimum Gasteiger partial charge on any atom is -0.504 e. The second-order valence-electron chi connectivity index (χ2n) is 4.96. The van der Waals surface area contributed by atoms with Gasteiger partial charge in [0.05, 0.1) is 12.0 Å². The number of thioether (sulfide) groups is 1. The predicted molar refractivity (Wildman–Crippen MR) is 101 cm³/mol. The van der Waals surface area contributed by atoms with Crippen molar-refractivity contribution >= 4 is 45.4 Å². The van der Waals surface area contributed by atoms with Gasteiger partial charge in [-0.2, -0.15) is 4.99 Å². The molecule has 1 aromatic heterocycles. The minimum atomic E-state index is -0.146. The maximum absolute atomic E-state index is 12.7. The van der Waals surface area contributed by atoms with Gasteiger partial charge in [-0.05, 0) is 35.5 Å². The van der Waals surface area contributed by atoms with Crippen LogP contribution in [0.1, 0.15) is 5.56 Å². The molecule has 0 unspecified atom stereocenters. The van der Waals surface area contributed by atoms with Crippen LogP contribution in [0.15, 0.2) is 52.3 Å². The lowest BCUT2D eigenvalue weighted by Gasteiger charge is -2.11. The fourth-order valence-electron chi connectivity index (χ4n) is 2.17. The zero-order valence-corrected chi connectivity index (χ0v) is 15.0. The van der Waals surface area contributed by atoms with Crippen molar-refractivity contribution in [3.63, 3.8) is 0 Å². The number of aromatic hydroxyl groups is 1. The molecule has 0 radical (unpaired) electrons. The second kappa shape index (κ2) is 7.54. The van der Waals surface area contributed by atoms with E-state index in [1.54, 1.807) is 35.4 Å². The number of carbonyl (C=O) groups excluding carboxylic acids is 1. The highest BCUT2D eigenvalue weighted by Crippen LogP contribution is 2.35. The number of thiazole rings is 1. The van der Waals surface area contributed by atoms with Gasteiger partial charge in [0.15, 0.2) is 16.7 Å². The Labute approximate surface area is 153 Å². The standard InChI is InChI=1S/C17H15N3O3S2/c1-3-7-20-15(22)14(25-17(20)19-16-18-6-8-24-16)10-11-4-5-12(21)13(9-11)23-2/h3-6,8-10,21H,1,7H2,2H3/b14-10+,19-17?. The number of benzene rings is 1. The Hall–Kier alpha value is -2.58. The molecule has 8 heteroatoms. The number of hydrogen-bond donors (Lipinski definition) is 1. The monoisotopic (exact) mass is 373 g/mol. The third-order valence-corrected chi connectivity index (χ3v) is 4.98. The summed E-state index contributed by atoms with van der Waals surface area (Å²) in [5.41, 5.74) is 0.750. The lowest BCUT2D eigenvalue weighted by Crippen LogP contribution is -2.29. The van der Waals surface area contributed by atoms with E-state index in [1.807, 2.05) is 5.38 Å². The SMILES string of the molecule is C=CCN1C(=O)/C(=C\c2ccc(O)c(OC)c2)SC1=Nc1nccs1. The lowest BCUT2D eigenvalue weighted by molar-refractivity contribution is -0.121. The Kier molecular flexibility index (Phi) is 5.20. The number of phenols is 1. The van der Waals surface area contributed by atoms with E-state index in [2.05, 4.69) is 16.6 Å². The molecule has 0 saturated carbocycles. The number of amidine groups is 1. The average molecular weight is 373 g/mol. The van der Waals surface area contributed by atoms with Crippen molar-refractivity contribution in [3.8, 4) is 11.5 Å². The predicted octanol–water partition coefficient (Wildman–Crippen LogP) is 3.65. The summed E-state index contributed by atoms with van der Waals surface area (Å²) in [4.78, 5) is 23.3. The van der Waals surface area contributed by atoms with Gasteiger partial charge in [0.1, 0.15) is 0 Å². The van der Waals surface area contributed by atoms with E-state index in [0.29, 0.717) is 27.5 Å². The molecule has 128 valence electrons. The molecule has 1 fully saturated rings. The Morgan fingerprint density at radius 3 is 3.00 bits per heavy atom. The first-order chi connectivity index (χ1) is 12.1. The molecule has 2 aromatic rings. The van der Waals surface area contributed by atoms with Crippen molar-refractivity contribution in [3.05, 3.63) is 52.9 Å². The maximum atomic E-state index is 12.7. The van der Waals surface area contributed by atoms with Crippen LogP contribution < -0.4 is 4.74 Å². The molecular weight excluding hydrogens is 358 g/mol. The topological polar surface area (TPSA) is 75.0 Å². The van der Waals surface area contributed by atoms with E-state index in [1.165, 1.54) is 36.3 Å². The van der Waals surface area contributed by atoms with Crippen LogP contribution in [0.3, 0.4) is 0 Å². The van der Waals surface area contributed by atoms with Gasteiger partial charge in [0.2, 0.25) is 5.13 Å². The molecule has 1 N–H and O–H groups in total. The van der Waals surface area contributed by atoms with Gasteiger partial charge in [-0.25, -0.2) is 4.98 Å². The van der Waals surface area contributed by atoms with Crippen molar-refractivity contribution < 1.29 is 14.6 Å². The van der Waals surface area contributed by atoms with Crippen LogP contribution in [0.5, 0.6) is 11.5 Å². The summed E-state index contributed by atoms with van der Waals surface area (Å²) in [6.07, 6.45) is 5.07. The largest absolute Gasteiger partial charge is 0.504 e. The molecule has 1 aromatic carbocycles. The number of phenolic OH excluding ortho intramolecular Hbond substituents is 1. The Bertz CT molecular complexity index is 860. The molecule has 6 nitrogen and oxygen atoms in total. The molecule has 1 amide bonds. The maximum Gasteiger partial charge on any atom is 0.267 e. The van der Waals surface area contributed by atoms with Crippen molar-refractivity contribution in [2.75, 3.05) is 13.7 Å². The van der Waals surface area contributed by atoms with Crippen molar-refractivity contribution in [1.82, 2.24) is 9.88 Å². The van der Waals surface area contributed by atoms with E-state index in [0.717, 1.165) is 5.56 Å². The average Bonchev–Trinajstić information content (AvgIpc) is 3.21. The summed E-state index contributed by atoms with van der Waals surface area (Å²) in [7, 11) is 1.48. The van der Waals surface area contributed by atoms with E-state index in [9.17, 15) is 9.90 Å². The van der Waals surface area contributed by atoms with Crippen LogP contribution in [-0.4, -0.2) is 39.7 Å². The van der Waals surface area contributed by atoms with Gasteiger partial charge < -0.3 is 9.84 Å². The van der Waals surface area contributed by atoms with E-state index in [-0.39, 0.29) is 11.7 Å². The summed E-state index contributed by atoms with van der Waals surface area (Å²) in [6, 6.07) is 4.91. The third kappa shape index (κ3) is 3.75. The summed E-state index contributed by atoms with van der Waals surface area (Å²) in [5.74, 6) is 0.256. The van der Waals surface area contributed by atoms with E-state index >= 15 is 0 Å². The number of hydrogen-bond acceptors (Lipinski definition) is 7. The van der Waals surface area contributed by atoms with Gasteiger partial charge in [-0.1, -0.05) is 12.1 Å². The van der Waals surface area contributed by atoms with Crippen LogP contribution in [0.2, 0.25) is 0 Å². The Morgan fingerprint density at radius 1 is 1.48 bits per heavy atom. The summed E-state index contributed by atoms with van der Waals surface area (Å²) >= 11 is 2.68. The molecule has 1 saturated heterocycles. The molecule has 0 atom stereocenters. The highest BCUT2D eigenvalue weighted by Gasteiger charge is 2.32. The molecule has 0 bridgehead atoms. The molecule has 1 aliphatic rings. The molecule has 3 rings (SSSR count). The van der Waals surface area contributed by atoms with Crippen molar-refractivity contribution in [2.24, 2.45) is 4.99 Å². The zero-order valence-electron chi connectivity index (χ0n) is 13.4. The van der Waals surface area contributed by atoms with Gasteiger partial charge in [-0.3, -0.25) is 9.69 Å². The number of methoxy groups -OCH3 is 1. The third-order valence-electron chi connectivity index (χ3n) is 3.31. The summed E-state index contributed by atoms with van der Waals surface area (Å²) in [5, 5.41) is 12.7. The number of ether oxygens (including phenoxy) is 1. The Balaban J connectivity index is 1.94. The van der Waals surface area contributed by atoms with E-state index in [4.69, 9.17) is 4.74 Å². The van der Waals surface area contributed by atoms with Crippen LogP contribution in [0, 0.1) is 0 Å². The highest BCUT2D eigenvalue weighted by atomic mass is 32.2. The number of amides is 1. The number of aromatic nitrogens is 1. The first kappa shape index (κ1) is 17.2. The summed E-state index contributed by atoms with van der Waals surface area (Å²) < 4.78 is 5.10.